The lowest BCUT2D eigenvalue weighted by molar-refractivity contribution is 0.0998. The number of aromatic nitrogens is 2. The summed E-state index contributed by atoms with van der Waals surface area (Å²) in [6, 6.07) is 2.84. The number of carbonyl (C=O) groups excluding carboxylic acids is 1. The van der Waals surface area contributed by atoms with Crippen molar-refractivity contribution in [3.63, 3.8) is 0 Å². The molecule has 1 saturated carbocycles. The Morgan fingerprint density at radius 2 is 2.10 bits per heavy atom. The molecule has 2 atom stereocenters. The fraction of sp³-hybridized carbons (Fsp3) is 0.583. The predicted molar refractivity (Wildman–Crippen MR) is 119 cm³/mol. The summed E-state index contributed by atoms with van der Waals surface area (Å²) < 4.78 is 17.6. The number of benzene rings is 1. The van der Waals surface area contributed by atoms with Gasteiger partial charge in [-0.3, -0.25) is 4.79 Å². The van der Waals surface area contributed by atoms with Crippen molar-refractivity contribution in [1.29, 1.82) is 0 Å². The van der Waals surface area contributed by atoms with Gasteiger partial charge in [0.2, 0.25) is 0 Å². The van der Waals surface area contributed by atoms with Crippen LogP contribution in [0, 0.1) is 11.2 Å². The highest BCUT2D eigenvalue weighted by Gasteiger charge is 2.33. The number of aliphatic hydroxyl groups is 1. The van der Waals surface area contributed by atoms with Gasteiger partial charge in [0.25, 0.3) is 5.91 Å². The topological polar surface area (TPSA) is 93.2 Å². The summed E-state index contributed by atoms with van der Waals surface area (Å²) in [5.74, 6) is -1.25. The van der Waals surface area contributed by atoms with Gasteiger partial charge in [0, 0.05) is 5.69 Å². The molecule has 4 N–H and O–H groups in total. The van der Waals surface area contributed by atoms with Crippen molar-refractivity contribution in [2.75, 3.05) is 5.32 Å². The normalized spacial score (nSPS) is 22.7. The number of nitrogens with zero attached hydrogens (tertiary/aromatic N) is 2. The average Bonchev–Trinajstić information content (AvgIpc) is 3.07. The first kappa shape index (κ1) is 21.8. The average molecular weight is 429 g/mol. The number of anilines is 1. The predicted octanol–water partition coefficient (Wildman–Crippen LogP) is 3.90. The van der Waals surface area contributed by atoms with Crippen LogP contribution in [-0.4, -0.2) is 32.9 Å². The van der Waals surface area contributed by atoms with E-state index in [-0.39, 0.29) is 22.7 Å². The van der Waals surface area contributed by atoms with Gasteiger partial charge >= 0.3 is 0 Å². The number of fused-ring (bicyclic) bond motifs is 1. The van der Waals surface area contributed by atoms with Crippen molar-refractivity contribution < 1.29 is 14.3 Å². The molecule has 31 heavy (non-hydrogen) atoms. The van der Waals surface area contributed by atoms with Crippen LogP contribution in [0.25, 0.3) is 5.69 Å². The number of nitrogens with two attached hydrogens (primary N) is 1. The molecule has 1 aromatic carbocycles. The van der Waals surface area contributed by atoms with E-state index < -0.39 is 17.8 Å². The van der Waals surface area contributed by atoms with Gasteiger partial charge < -0.3 is 16.2 Å². The fourth-order valence-electron chi connectivity index (χ4n) is 5.03. The second kappa shape index (κ2) is 8.26. The van der Waals surface area contributed by atoms with Gasteiger partial charge in [-0.15, -0.1) is 0 Å². The maximum atomic E-state index is 15.9. The molecule has 1 fully saturated rings. The van der Waals surface area contributed by atoms with Crippen molar-refractivity contribution in [1.82, 2.24) is 9.78 Å². The molecule has 4 rings (SSSR count). The summed E-state index contributed by atoms with van der Waals surface area (Å²) in [5, 5.41) is 18.2. The number of amides is 1. The molecule has 1 heterocycles. The molecule has 0 saturated heterocycles. The minimum absolute atomic E-state index is 0.0633. The van der Waals surface area contributed by atoms with Crippen molar-refractivity contribution in [3.8, 4) is 5.69 Å². The van der Waals surface area contributed by atoms with Crippen molar-refractivity contribution >= 4 is 11.6 Å². The van der Waals surface area contributed by atoms with Crippen LogP contribution in [0.3, 0.4) is 0 Å². The highest BCUT2D eigenvalue weighted by molar-refractivity contribution is 5.99. The molecule has 7 heteroatoms. The van der Waals surface area contributed by atoms with E-state index in [1.165, 1.54) is 5.56 Å². The molecule has 2 aliphatic rings. The Hall–Kier alpha value is -2.41. The molecule has 0 radical (unpaired) electrons. The largest absolute Gasteiger partial charge is 0.391 e. The fourth-order valence-corrected chi connectivity index (χ4v) is 5.03. The Bertz CT molecular complexity index is 998. The van der Waals surface area contributed by atoms with Crippen LogP contribution in [0.2, 0.25) is 0 Å². The van der Waals surface area contributed by atoms with Gasteiger partial charge in [-0.1, -0.05) is 33.6 Å². The molecule has 0 aliphatic heterocycles. The Labute approximate surface area is 183 Å². The zero-order chi connectivity index (χ0) is 22.3. The van der Waals surface area contributed by atoms with Crippen LogP contribution >= 0.6 is 0 Å². The lowest BCUT2D eigenvalue weighted by Crippen LogP contribution is -2.37. The highest BCUT2D eigenvalue weighted by Crippen LogP contribution is 2.38. The monoisotopic (exact) mass is 428 g/mol. The summed E-state index contributed by atoms with van der Waals surface area (Å²) in [6.45, 7) is 6.52. The van der Waals surface area contributed by atoms with Crippen LogP contribution in [0.4, 0.5) is 10.1 Å². The zero-order valence-electron chi connectivity index (χ0n) is 18.7. The Morgan fingerprint density at radius 1 is 1.35 bits per heavy atom. The molecule has 0 unspecified atom stereocenters. The molecular weight excluding hydrogens is 395 g/mol. The van der Waals surface area contributed by atoms with Gasteiger partial charge in [-0.25, -0.2) is 9.07 Å². The Morgan fingerprint density at radius 3 is 2.77 bits per heavy atom. The van der Waals surface area contributed by atoms with E-state index in [9.17, 15) is 9.90 Å². The molecule has 1 aromatic heterocycles. The van der Waals surface area contributed by atoms with Gasteiger partial charge in [0.15, 0.2) is 5.82 Å². The van der Waals surface area contributed by atoms with E-state index in [1.807, 2.05) is 0 Å². The lowest BCUT2D eigenvalue weighted by Gasteiger charge is -2.31. The minimum Gasteiger partial charge on any atom is -0.391 e. The number of hydrogen-bond acceptors (Lipinski definition) is 4. The van der Waals surface area contributed by atoms with Crippen LogP contribution in [-0.2, 0) is 19.3 Å². The summed E-state index contributed by atoms with van der Waals surface area (Å²) in [6.07, 6.45) is 6.30. The number of halogens is 1. The molecule has 0 spiro atoms. The van der Waals surface area contributed by atoms with E-state index >= 15 is 4.39 Å². The molecule has 168 valence electrons. The van der Waals surface area contributed by atoms with Crippen molar-refractivity contribution in [2.24, 2.45) is 11.1 Å². The van der Waals surface area contributed by atoms with Crippen molar-refractivity contribution in [2.45, 2.75) is 84.3 Å². The maximum absolute atomic E-state index is 15.9. The third kappa shape index (κ3) is 4.07. The molecule has 1 amide bonds. The first-order valence-electron chi connectivity index (χ1n) is 11.4. The highest BCUT2D eigenvalue weighted by atomic mass is 19.1. The third-order valence-electron chi connectivity index (χ3n) is 6.88. The smallest absolute Gasteiger partial charge is 0.250 e. The first-order valence-corrected chi connectivity index (χ1v) is 11.4. The Kier molecular flexibility index (Phi) is 5.81. The van der Waals surface area contributed by atoms with Crippen LogP contribution in [0.1, 0.15) is 80.2 Å². The number of aliphatic hydroxyl groups excluding tert-OH is 1. The van der Waals surface area contributed by atoms with Crippen molar-refractivity contribution in [3.05, 3.63) is 40.5 Å². The van der Waals surface area contributed by atoms with Crippen LogP contribution in [0.15, 0.2) is 12.1 Å². The standard InChI is InChI=1S/C24H33FN4O2/c1-4-16-14-11-12-24(2,3)13-19(14)29(28-16)18-10-9-15(23(26)31)22(21(18)25)27-17-7-5-6-8-20(17)30/h9-10,17,20,27,30H,4-8,11-13H2,1-3H3,(H2,26,31)/t17-,20-/m0/s1. The zero-order valence-corrected chi connectivity index (χ0v) is 18.7. The number of hydrogen-bond donors (Lipinski definition) is 3. The number of aryl methyl sites for hydroxylation is 1. The second-order valence-corrected chi connectivity index (χ2v) is 9.77. The van der Waals surface area contributed by atoms with Gasteiger partial charge in [0.05, 0.1) is 29.1 Å². The number of nitrogens with one attached hydrogen (secondary N) is 1. The molecule has 2 aliphatic carbocycles. The molecule has 0 bridgehead atoms. The Balaban J connectivity index is 1.82. The van der Waals surface area contributed by atoms with E-state index in [4.69, 9.17) is 10.8 Å². The van der Waals surface area contributed by atoms with Gasteiger partial charge in [0.1, 0.15) is 5.69 Å². The first-order chi connectivity index (χ1) is 14.7. The van der Waals surface area contributed by atoms with Crippen LogP contribution < -0.4 is 11.1 Å². The molecule has 2 aromatic rings. The summed E-state index contributed by atoms with van der Waals surface area (Å²) in [5.41, 5.74) is 9.40. The SMILES string of the molecule is CCc1nn(-c2ccc(C(N)=O)c(N[C@H]3CCCC[C@@H]3O)c2F)c2c1CCC(C)(C)C2. The minimum atomic E-state index is -0.698. The van der Waals surface area contributed by atoms with Crippen LogP contribution in [0.5, 0.6) is 0 Å². The third-order valence-corrected chi connectivity index (χ3v) is 6.88. The van der Waals surface area contributed by atoms with E-state index in [0.717, 1.165) is 49.9 Å². The second-order valence-electron chi connectivity index (χ2n) is 9.77. The van der Waals surface area contributed by atoms with E-state index in [0.29, 0.717) is 18.5 Å². The summed E-state index contributed by atoms with van der Waals surface area (Å²) >= 11 is 0. The van der Waals surface area contributed by atoms with Gasteiger partial charge in [-0.05, 0) is 61.6 Å². The number of primary amides is 1. The molecular formula is C24H33FN4O2. The number of carbonyl (C=O) groups is 1. The molecule has 6 nitrogen and oxygen atoms in total. The van der Waals surface area contributed by atoms with E-state index in [2.05, 4.69) is 26.1 Å². The maximum Gasteiger partial charge on any atom is 0.250 e. The summed E-state index contributed by atoms with van der Waals surface area (Å²) in [7, 11) is 0. The quantitative estimate of drug-likeness (QED) is 0.673. The summed E-state index contributed by atoms with van der Waals surface area (Å²) in [4.78, 5) is 12.0. The lowest BCUT2D eigenvalue weighted by atomic mass is 9.76. The van der Waals surface area contributed by atoms with Gasteiger partial charge in [-0.2, -0.15) is 5.10 Å². The number of rotatable bonds is 5. The van der Waals surface area contributed by atoms with E-state index in [1.54, 1.807) is 16.8 Å².